The molecule has 0 amide bonds. The molecule has 1 aromatic carbocycles. The summed E-state index contributed by atoms with van der Waals surface area (Å²) in [6, 6.07) is 6.28. The molecule has 0 spiro atoms. The number of anilines is 1. The van der Waals surface area contributed by atoms with Gasteiger partial charge in [0.2, 0.25) is 0 Å². The molecule has 0 saturated carbocycles. The highest BCUT2D eigenvalue weighted by Gasteiger charge is 2.21. The highest BCUT2D eigenvalue weighted by Crippen LogP contribution is 2.29. The Morgan fingerprint density at radius 1 is 1.33 bits per heavy atom. The van der Waals surface area contributed by atoms with Crippen molar-refractivity contribution in [3.8, 4) is 0 Å². The quantitative estimate of drug-likeness (QED) is 0.852. The van der Waals surface area contributed by atoms with Crippen molar-refractivity contribution in [2.24, 2.45) is 11.8 Å². The third-order valence-electron chi connectivity index (χ3n) is 4.51. The lowest BCUT2D eigenvalue weighted by Crippen LogP contribution is -2.35. The molecule has 1 aliphatic heterocycles. The predicted octanol–water partition coefficient (Wildman–Crippen LogP) is 3.97. The smallest absolute Gasteiger partial charge is 0.328 e. The molecule has 3 heteroatoms. The molecular weight excluding hydrogens is 262 g/mol. The van der Waals surface area contributed by atoms with Crippen LogP contribution in [0.1, 0.15) is 37.8 Å². The van der Waals surface area contributed by atoms with Crippen LogP contribution in [0.5, 0.6) is 0 Å². The van der Waals surface area contributed by atoms with E-state index in [1.807, 2.05) is 13.0 Å². The fourth-order valence-electron chi connectivity index (χ4n) is 3.03. The fourth-order valence-corrected chi connectivity index (χ4v) is 3.03. The Balaban J connectivity index is 2.05. The molecule has 21 heavy (non-hydrogen) atoms. The van der Waals surface area contributed by atoms with E-state index >= 15 is 0 Å². The van der Waals surface area contributed by atoms with Crippen LogP contribution in [0.4, 0.5) is 5.69 Å². The summed E-state index contributed by atoms with van der Waals surface area (Å²) in [6.45, 7) is 8.90. The SMILES string of the molecule is Cc1cc(N2CCC(C(C)C)CC2)ccc1/C=C/C(=O)O. The van der Waals surface area contributed by atoms with E-state index in [1.54, 1.807) is 6.08 Å². The van der Waals surface area contributed by atoms with Gasteiger partial charge in [0.1, 0.15) is 0 Å². The number of hydrogen-bond donors (Lipinski definition) is 1. The minimum absolute atomic E-state index is 0.775. The maximum absolute atomic E-state index is 10.6. The average Bonchev–Trinajstić information content (AvgIpc) is 2.46. The number of benzene rings is 1. The van der Waals surface area contributed by atoms with Crippen molar-refractivity contribution in [2.45, 2.75) is 33.6 Å². The Morgan fingerprint density at radius 3 is 2.52 bits per heavy atom. The first-order valence-electron chi connectivity index (χ1n) is 7.74. The van der Waals surface area contributed by atoms with Crippen LogP contribution in [0, 0.1) is 18.8 Å². The molecule has 1 aliphatic rings. The zero-order valence-electron chi connectivity index (χ0n) is 13.2. The van der Waals surface area contributed by atoms with Crippen LogP contribution >= 0.6 is 0 Å². The summed E-state index contributed by atoms with van der Waals surface area (Å²) < 4.78 is 0. The summed E-state index contributed by atoms with van der Waals surface area (Å²) in [5.74, 6) is 0.715. The second-order valence-electron chi connectivity index (χ2n) is 6.28. The molecule has 114 valence electrons. The number of rotatable bonds is 4. The zero-order chi connectivity index (χ0) is 15.4. The molecule has 1 saturated heterocycles. The molecule has 1 aromatic rings. The number of carboxylic acids is 1. The van der Waals surface area contributed by atoms with Crippen LogP contribution < -0.4 is 4.90 Å². The molecule has 0 aliphatic carbocycles. The van der Waals surface area contributed by atoms with Crippen LogP contribution in [0.15, 0.2) is 24.3 Å². The van der Waals surface area contributed by atoms with Gasteiger partial charge < -0.3 is 10.0 Å². The molecule has 0 unspecified atom stereocenters. The van der Waals surface area contributed by atoms with Gasteiger partial charge in [-0.05, 0) is 60.9 Å². The summed E-state index contributed by atoms with van der Waals surface area (Å²) in [7, 11) is 0. The van der Waals surface area contributed by atoms with E-state index in [2.05, 4.69) is 30.9 Å². The molecule has 1 heterocycles. The number of hydrogen-bond acceptors (Lipinski definition) is 2. The standard InChI is InChI=1S/C18H25NO2/c1-13(2)15-8-10-19(11-9-15)17-6-4-16(14(3)12-17)5-7-18(20)21/h4-7,12-13,15H,8-11H2,1-3H3,(H,20,21)/b7-5+. The van der Waals surface area contributed by atoms with Gasteiger partial charge in [0.25, 0.3) is 0 Å². The topological polar surface area (TPSA) is 40.5 Å². The van der Waals surface area contributed by atoms with Gasteiger partial charge in [-0.15, -0.1) is 0 Å². The van der Waals surface area contributed by atoms with Crippen LogP contribution in [0.2, 0.25) is 0 Å². The maximum atomic E-state index is 10.6. The number of aliphatic carboxylic acids is 1. The van der Waals surface area contributed by atoms with Gasteiger partial charge in [-0.1, -0.05) is 19.9 Å². The van der Waals surface area contributed by atoms with Gasteiger partial charge in [-0.3, -0.25) is 0 Å². The van der Waals surface area contributed by atoms with Crippen LogP contribution in [0.3, 0.4) is 0 Å². The number of aryl methyl sites for hydroxylation is 1. The molecule has 0 radical (unpaired) electrons. The Labute approximate surface area is 127 Å². The monoisotopic (exact) mass is 287 g/mol. The van der Waals surface area contributed by atoms with Crippen molar-refractivity contribution < 1.29 is 9.90 Å². The third kappa shape index (κ3) is 4.10. The molecule has 2 rings (SSSR count). The lowest BCUT2D eigenvalue weighted by molar-refractivity contribution is -0.131. The normalized spacial score (nSPS) is 16.9. The van der Waals surface area contributed by atoms with Gasteiger partial charge in [-0.25, -0.2) is 4.79 Å². The summed E-state index contributed by atoms with van der Waals surface area (Å²) in [5.41, 5.74) is 3.34. The minimum Gasteiger partial charge on any atom is -0.478 e. The summed E-state index contributed by atoms with van der Waals surface area (Å²) in [4.78, 5) is 13.0. The first kappa shape index (κ1) is 15.6. The molecule has 1 fully saturated rings. The van der Waals surface area contributed by atoms with Crippen molar-refractivity contribution in [3.63, 3.8) is 0 Å². The lowest BCUT2D eigenvalue weighted by Gasteiger charge is -2.35. The zero-order valence-corrected chi connectivity index (χ0v) is 13.2. The number of carbonyl (C=O) groups is 1. The third-order valence-corrected chi connectivity index (χ3v) is 4.51. The van der Waals surface area contributed by atoms with E-state index in [0.29, 0.717) is 0 Å². The first-order valence-corrected chi connectivity index (χ1v) is 7.74. The number of piperidine rings is 1. The van der Waals surface area contributed by atoms with Crippen molar-refractivity contribution in [3.05, 3.63) is 35.4 Å². The van der Waals surface area contributed by atoms with Crippen LogP contribution in [-0.4, -0.2) is 24.2 Å². The van der Waals surface area contributed by atoms with Crippen molar-refractivity contribution in [1.29, 1.82) is 0 Å². The lowest BCUT2D eigenvalue weighted by atomic mass is 9.86. The maximum Gasteiger partial charge on any atom is 0.328 e. The predicted molar refractivity (Wildman–Crippen MR) is 87.6 cm³/mol. The van der Waals surface area contributed by atoms with Crippen molar-refractivity contribution >= 4 is 17.7 Å². The van der Waals surface area contributed by atoms with E-state index in [-0.39, 0.29) is 0 Å². The minimum atomic E-state index is -0.908. The Hall–Kier alpha value is -1.77. The number of nitrogens with zero attached hydrogens (tertiary/aromatic N) is 1. The second-order valence-corrected chi connectivity index (χ2v) is 6.28. The molecule has 3 nitrogen and oxygen atoms in total. The first-order chi connectivity index (χ1) is 9.97. The van der Waals surface area contributed by atoms with Gasteiger partial charge in [0.15, 0.2) is 0 Å². The Kier molecular flexibility index (Phi) is 5.05. The summed E-state index contributed by atoms with van der Waals surface area (Å²) in [5, 5.41) is 8.70. The van der Waals surface area contributed by atoms with Crippen LogP contribution in [-0.2, 0) is 4.79 Å². The number of carboxylic acid groups (broad SMARTS) is 1. The van der Waals surface area contributed by atoms with Gasteiger partial charge in [0, 0.05) is 24.9 Å². The van der Waals surface area contributed by atoms with Crippen molar-refractivity contribution in [1.82, 2.24) is 0 Å². The molecule has 0 bridgehead atoms. The van der Waals surface area contributed by atoms with Gasteiger partial charge >= 0.3 is 5.97 Å². The summed E-state index contributed by atoms with van der Waals surface area (Å²) >= 11 is 0. The van der Waals surface area contributed by atoms with Gasteiger partial charge in [0.05, 0.1) is 0 Å². The highest BCUT2D eigenvalue weighted by atomic mass is 16.4. The Bertz CT molecular complexity index is 526. The highest BCUT2D eigenvalue weighted by molar-refractivity contribution is 5.85. The largest absolute Gasteiger partial charge is 0.478 e. The van der Waals surface area contributed by atoms with E-state index < -0.39 is 5.97 Å². The molecule has 0 aromatic heterocycles. The molecular formula is C18H25NO2. The van der Waals surface area contributed by atoms with Crippen molar-refractivity contribution in [2.75, 3.05) is 18.0 Å². The fraction of sp³-hybridized carbons (Fsp3) is 0.500. The van der Waals surface area contributed by atoms with E-state index in [4.69, 9.17) is 5.11 Å². The second kappa shape index (κ2) is 6.79. The van der Waals surface area contributed by atoms with E-state index in [0.717, 1.165) is 36.1 Å². The van der Waals surface area contributed by atoms with Crippen LogP contribution in [0.25, 0.3) is 6.08 Å². The Morgan fingerprint density at radius 2 is 2.00 bits per heavy atom. The van der Waals surface area contributed by atoms with E-state index in [9.17, 15) is 4.79 Å². The summed E-state index contributed by atoms with van der Waals surface area (Å²) in [6.07, 6.45) is 5.37. The van der Waals surface area contributed by atoms with E-state index in [1.165, 1.54) is 24.6 Å². The van der Waals surface area contributed by atoms with Gasteiger partial charge in [-0.2, -0.15) is 0 Å². The average molecular weight is 287 g/mol. The molecule has 1 N–H and O–H groups in total. The molecule has 0 atom stereocenters.